The van der Waals surface area contributed by atoms with Crippen LogP contribution in [-0.4, -0.2) is 23.2 Å². The van der Waals surface area contributed by atoms with Crippen LogP contribution in [0.15, 0.2) is 24.3 Å². The summed E-state index contributed by atoms with van der Waals surface area (Å²) in [7, 11) is 0. The normalized spacial score (nSPS) is 22.9. The van der Waals surface area contributed by atoms with E-state index in [9.17, 15) is 0 Å². The number of rotatable bonds is 4. The zero-order valence-electron chi connectivity index (χ0n) is 14.2. The highest BCUT2D eigenvalue weighted by atomic mass is 15.1. The molecule has 1 unspecified atom stereocenters. The van der Waals surface area contributed by atoms with Gasteiger partial charge >= 0.3 is 0 Å². The number of piperidine rings is 1. The smallest absolute Gasteiger partial charge is 0.0314 e. The third-order valence-corrected chi connectivity index (χ3v) is 4.23. The molecule has 1 atom stereocenters. The molecular weight excluding hydrogens is 258 g/mol. The van der Waals surface area contributed by atoms with Crippen LogP contribution in [0.3, 0.4) is 0 Å². The summed E-state index contributed by atoms with van der Waals surface area (Å²) in [4.78, 5) is 0. The molecule has 0 saturated carbocycles. The standard InChI is InChI=1S/C18H31N3/c1-13(10-14-6-8-15(19)9-7-14)20-16-11-17(2,3)21-18(4,5)12-16/h6-9,13,16,20-21H,10-12,19H2,1-5H3. The molecule has 1 aromatic carbocycles. The highest BCUT2D eigenvalue weighted by Gasteiger charge is 2.37. The molecule has 4 N–H and O–H groups in total. The lowest BCUT2D eigenvalue weighted by atomic mass is 9.79. The predicted octanol–water partition coefficient (Wildman–Crippen LogP) is 3.10. The van der Waals surface area contributed by atoms with Crippen molar-refractivity contribution in [3.05, 3.63) is 29.8 Å². The number of nitrogens with two attached hydrogens (primary N) is 1. The third kappa shape index (κ3) is 5.01. The van der Waals surface area contributed by atoms with Crippen LogP contribution >= 0.6 is 0 Å². The van der Waals surface area contributed by atoms with Crippen LogP contribution in [0.1, 0.15) is 53.0 Å². The Balaban J connectivity index is 1.92. The van der Waals surface area contributed by atoms with E-state index in [0.29, 0.717) is 12.1 Å². The molecule has 0 aliphatic carbocycles. The Labute approximate surface area is 129 Å². The molecular formula is C18H31N3. The maximum absolute atomic E-state index is 5.74. The van der Waals surface area contributed by atoms with Crippen molar-refractivity contribution in [2.75, 3.05) is 5.73 Å². The van der Waals surface area contributed by atoms with Gasteiger partial charge in [0.15, 0.2) is 0 Å². The van der Waals surface area contributed by atoms with Crippen LogP contribution in [0.2, 0.25) is 0 Å². The molecule has 0 amide bonds. The lowest BCUT2D eigenvalue weighted by Gasteiger charge is -2.47. The first-order chi connectivity index (χ1) is 9.65. The zero-order chi connectivity index (χ0) is 15.7. The number of anilines is 1. The van der Waals surface area contributed by atoms with Crippen LogP contribution < -0.4 is 16.4 Å². The lowest BCUT2D eigenvalue weighted by Crippen LogP contribution is -2.62. The van der Waals surface area contributed by atoms with Gasteiger partial charge in [0.25, 0.3) is 0 Å². The Bertz CT molecular complexity index is 446. The maximum atomic E-state index is 5.74. The molecule has 0 spiro atoms. The first-order valence-electron chi connectivity index (χ1n) is 8.05. The van der Waals surface area contributed by atoms with Crippen LogP contribution in [0, 0.1) is 0 Å². The first kappa shape index (κ1) is 16.3. The Kier molecular flexibility index (Phi) is 4.64. The van der Waals surface area contributed by atoms with Crippen LogP contribution in [0.5, 0.6) is 0 Å². The van der Waals surface area contributed by atoms with Gasteiger partial charge in [-0.2, -0.15) is 0 Å². The van der Waals surface area contributed by atoms with Crippen molar-refractivity contribution >= 4 is 5.69 Å². The van der Waals surface area contributed by atoms with Crippen LogP contribution in [-0.2, 0) is 6.42 Å². The van der Waals surface area contributed by atoms with E-state index in [0.717, 1.165) is 12.1 Å². The summed E-state index contributed by atoms with van der Waals surface area (Å²) >= 11 is 0. The zero-order valence-corrected chi connectivity index (χ0v) is 14.2. The monoisotopic (exact) mass is 289 g/mol. The summed E-state index contributed by atoms with van der Waals surface area (Å²) in [5.41, 5.74) is 8.31. The van der Waals surface area contributed by atoms with Crippen LogP contribution in [0.4, 0.5) is 5.69 Å². The lowest BCUT2D eigenvalue weighted by molar-refractivity contribution is 0.141. The second-order valence-electron chi connectivity index (χ2n) is 8.01. The summed E-state index contributed by atoms with van der Waals surface area (Å²) in [6.07, 6.45) is 3.39. The minimum absolute atomic E-state index is 0.195. The Morgan fingerprint density at radius 3 is 2.19 bits per heavy atom. The Hall–Kier alpha value is -1.06. The minimum atomic E-state index is 0.195. The molecule has 3 nitrogen and oxygen atoms in total. The van der Waals surface area contributed by atoms with Crippen molar-refractivity contribution in [3.8, 4) is 0 Å². The van der Waals surface area contributed by atoms with E-state index in [-0.39, 0.29) is 11.1 Å². The van der Waals surface area contributed by atoms with Gasteiger partial charge in [-0.1, -0.05) is 12.1 Å². The Morgan fingerprint density at radius 2 is 1.67 bits per heavy atom. The van der Waals surface area contributed by atoms with Gasteiger partial charge in [0.1, 0.15) is 0 Å². The summed E-state index contributed by atoms with van der Waals surface area (Å²) in [6, 6.07) is 9.27. The molecule has 1 saturated heterocycles. The quantitative estimate of drug-likeness (QED) is 0.747. The van der Waals surface area contributed by atoms with E-state index in [1.54, 1.807) is 0 Å². The van der Waals surface area contributed by atoms with Crippen molar-refractivity contribution in [2.24, 2.45) is 0 Å². The Morgan fingerprint density at radius 1 is 1.14 bits per heavy atom. The first-order valence-corrected chi connectivity index (χ1v) is 8.05. The molecule has 1 heterocycles. The molecule has 1 aliphatic rings. The molecule has 1 aromatic rings. The highest BCUT2D eigenvalue weighted by Crippen LogP contribution is 2.28. The molecule has 0 bridgehead atoms. The second-order valence-corrected chi connectivity index (χ2v) is 8.01. The van der Waals surface area contributed by atoms with Crippen molar-refractivity contribution in [3.63, 3.8) is 0 Å². The fraction of sp³-hybridized carbons (Fsp3) is 0.667. The highest BCUT2D eigenvalue weighted by molar-refractivity contribution is 5.39. The largest absolute Gasteiger partial charge is 0.399 e. The molecule has 21 heavy (non-hydrogen) atoms. The van der Waals surface area contributed by atoms with Gasteiger partial charge in [0.2, 0.25) is 0 Å². The van der Waals surface area contributed by atoms with Gasteiger partial charge in [0.05, 0.1) is 0 Å². The maximum Gasteiger partial charge on any atom is 0.0314 e. The van der Waals surface area contributed by atoms with Gasteiger partial charge in [0, 0.05) is 28.8 Å². The van der Waals surface area contributed by atoms with E-state index in [1.165, 1.54) is 18.4 Å². The van der Waals surface area contributed by atoms with Gasteiger partial charge in [-0.25, -0.2) is 0 Å². The van der Waals surface area contributed by atoms with E-state index in [2.05, 4.69) is 57.4 Å². The second kappa shape index (κ2) is 5.98. The van der Waals surface area contributed by atoms with Crippen molar-refractivity contribution in [2.45, 2.75) is 77.0 Å². The molecule has 3 heteroatoms. The average molecular weight is 289 g/mol. The number of benzene rings is 1. The van der Waals surface area contributed by atoms with E-state index < -0.39 is 0 Å². The van der Waals surface area contributed by atoms with Crippen molar-refractivity contribution in [1.82, 2.24) is 10.6 Å². The fourth-order valence-electron chi connectivity index (χ4n) is 3.91. The van der Waals surface area contributed by atoms with E-state index in [1.807, 2.05) is 12.1 Å². The molecule has 0 radical (unpaired) electrons. The van der Waals surface area contributed by atoms with Crippen molar-refractivity contribution in [1.29, 1.82) is 0 Å². The SMILES string of the molecule is CC(Cc1ccc(N)cc1)NC1CC(C)(C)NC(C)(C)C1. The van der Waals surface area contributed by atoms with Gasteiger partial charge in [-0.05, 0) is 71.6 Å². The van der Waals surface area contributed by atoms with Gasteiger partial charge in [-0.3, -0.25) is 0 Å². The topological polar surface area (TPSA) is 50.1 Å². The minimum Gasteiger partial charge on any atom is -0.399 e. The van der Waals surface area contributed by atoms with E-state index in [4.69, 9.17) is 5.73 Å². The summed E-state index contributed by atoms with van der Waals surface area (Å²) in [6.45, 7) is 11.5. The van der Waals surface area contributed by atoms with Gasteiger partial charge < -0.3 is 16.4 Å². The molecule has 1 fully saturated rings. The molecule has 2 rings (SSSR count). The third-order valence-electron chi connectivity index (χ3n) is 4.23. The van der Waals surface area contributed by atoms with Crippen molar-refractivity contribution < 1.29 is 0 Å². The summed E-state index contributed by atoms with van der Waals surface area (Å²) < 4.78 is 0. The fourth-order valence-corrected chi connectivity index (χ4v) is 3.91. The predicted molar refractivity (Wildman–Crippen MR) is 91.5 cm³/mol. The molecule has 0 aromatic heterocycles. The number of hydrogen-bond donors (Lipinski definition) is 3. The average Bonchev–Trinajstić information content (AvgIpc) is 2.27. The number of nitrogens with one attached hydrogen (secondary N) is 2. The van der Waals surface area contributed by atoms with E-state index >= 15 is 0 Å². The summed E-state index contributed by atoms with van der Waals surface area (Å²) in [5, 5.41) is 7.56. The van der Waals surface area contributed by atoms with Crippen LogP contribution in [0.25, 0.3) is 0 Å². The summed E-state index contributed by atoms with van der Waals surface area (Å²) in [5.74, 6) is 0. The van der Waals surface area contributed by atoms with Gasteiger partial charge in [-0.15, -0.1) is 0 Å². The number of nitrogen functional groups attached to an aromatic ring is 1. The number of hydrogen-bond acceptors (Lipinski definition) is 3. The molecule has 1 aliphatic heterocycles. The molecule has 118 valence electrons.